The Morgan fingerprint density at radius 2 is 1.42 bits per heavy atom. The maximum atomic E-state index is 13.4. The molecule has 0 aromatic heterocycles. The van der Waals surface area contributed by atoms with E-state index in [1.54, 1.807) is 49.9 Å². The van der Waals surface area contributed by atoms with E-state index < -0.39 is 13.3 Å². The van der Waals surface area contributed by atoms with Crippen molar-refractivity contribution in [1.29, 1.82) is 0 Å². The van der Waals surface area contributed by atoms with E-state index in [1.165, 1.54) is 0 Å². The minimum absolute atomic E-state index is 0.165. The molecule has 0 bridgehead atoms. The molecule has 24 heavy (non-hydrogen) atoms. The number of aromatic hydroxyl groups is 1. The van der Waals surface area contributed by atoms with E-state index in [9.17, 15) is 9.67 Å². The van der Waals surface area contributed by atoms with Gasteiger partial charge in [-0.3, -0.25) is 4.57 Å². The molecule has 0 heterocycles. The molecule has 2 aromatic carbocycles. The molecule has 2 rings (SSSR count). The van der Waals surface area contributed by atoms with Gasteiger partial charge in [-0.25, -0.2) is 0 Å². The summed E-state index contributed by atoms with van der Waals surface area (Å²) in [5.41, 5.74) is 1.12. The monoisotopic (exact) mass is 366 g/mol. The van der Waals surface area contributed by atoms with Crippen LogP contribution in [0, 0.1) is 0 Å². The molecule has 130 valence electrons. The number of rotatable bonds is 8. The zero-order chi connectivity index (χ0) is 17.6. The number of hydrogen-bond donors (Lipinski definition) is 1. The molecule has 0 saturated carbocycles. The summed E-state index contributed by atoms with van der Waals surface area (Å²) < 4.78 is 24.6. The fourth-order valence-corrected chi connectivity index (χ4v) is 5.12. The predicted octanol–water partition coefficient (Wildman–Crippen LogP) is 5.47. The normalized spacial score (nSPS) is 13.0. The molecule has 1 unspecified atom stereocenters. The average molecular weight is 366 g/mol. The topological polar surface area (TPSA) is 55.8 Å². The number of phenolic OH excluding ortho intramolecular Hbond substituents is 1. The second-order valence-electron chi connectivity index (χ2n) is 5.14. The average Bonchev–Trinajstić information content (AvgIpc) is 2.58. The van der Waals surface area contributed by atoms with Crippen molar-refractivity contribution in [3.8, 4) is 5.75 Å². The second kappa shape index (κ2) is 8.72. The lowest BCUT2D eigenvalue weighted by Crippen LogP contribution is -2.08. The molecule has 4 nitrogen and oxygen atoms in total. The molecule has 1 N–H and O–H groups in total. The highest BCUT2D eigenvalue weighted by atomic mass is 32.2. The molecule has 1 atom stereocenters. The summed E-state index contributed by atoms with van der Waals surface area (Å²) in [4.78, 5) is 1.13. The van der Waals surface area contributed by atoms with Gasteiger partial charge in [-0.05, 0) is 55.5 Å². The van der Waals surface area contributed by atoms with Crippen molar-refractivity contribution >= 4 is 19.4 Å². The predicted molar refractivity (Wildman–Crippen MR) is 99.0 cm³/mol. The summed E-state index contributed by atoms with van der Waals surface area (Å²) in [6.07, 6.45) is 2.01. The molecule has 0 saturated heterocycles. The molecule has 0 radical (unpaired) electrons. The molecule has 0 aliphatic heterocycles. The second-order valence-corrected chi connectivity index (χ2v) is 8.13. The lowest BCUT2D eigenvalue weighted by atomic mass is 10.0. The van der Waals surface area contributed by atoms with Gasteiger partial charge in [0.25, 0.3) is 0 Å². The summed E-state index contributed by atoms with van der Waals surface area (Å²) in [5.74, 6) is 0.165. The minimum Gasteiger partial charge on any atom is -0.508 e. The number of phenols is 1. The molecular formula is C18H23O4PS. The summed E-state index contributed by atoms with van der Waals surface area (Å²) >= 11 is 1.65. The van der Waals surface area contributed by atoms with Crippen molar-refractivity contribution in [3.63, 3.8) is 0 Å². The van der Waals surface area contributed by atoms with Crippen molar-refractivity contribution < 1.29 is 18.7 Å². The van der Waals surface area contributed by atoms with Crippen LogP contribution < -0.4 is 0 Å². The van der Waals surface area contributed by atoms with Crippen molar-refractivity contribution in [1.82, 2.24) is 0 Å². The number of thioether (sulfide) groups is 1. The van der Waals surface area contributed by atoms with E-state index in [2.05, 4.69) is 0 Å². The fourth-order valence-electron chi connectivity index (χ4n) is 2.55. The zero-order valence-electron chi connectivity index (χ0n) is 14.1. The lowest BCUT2D eigenvalue weighted by molar-refractivity contribution is 0.215. The van der Waals surface area contributed by atoms with Gasteiger partial charge in [-0.2, -0.15) is 0 Å². The number of benzene rings is 2. The third-order valence-corrected chi connectivity index (χ3v) is 6.78. The molecule has 0 spiro atoms. The van der Waals surface area contributed by atoms with Gasteiger partial charge < -0.3 is 14.2 Å². The number of hydrogen-bond acceptors (Lipinski definition) is 5. The quantitative estimate of drug-likeness (QED) is 0.496. The Morgan fingerprint density at radius 1 is 0.958 bits per heavy atom. The van der Waals surface area contributed by atoms with Crippen LogP contribution >= 0.6 is 19.4 Å². The van der Waals surface area contributed by atoms with Crippen molar-refractivity contribution in [2.24, 2.45) is 0 Å². The van der Waals surface area contributed by atoms with E-state index in [1.807, 2.05) is 30.5 Å². The Balaban J connectivity index is 2.54. The third-order valence-electron chi connectivity index (χ3n) is 3.57. The van der Waals surface area contributed by atoms with E-state index in [4.69, 9.17) is 9.05 Å². The summed E-state index contributed by atoms with van der Waals surface area (Å²) in [6.45, 7) is 4.20. The molecular weight excluding hydrogens is 343 g/mol. The standard InChI is InChI=1S/C18H23O4PS/c1-4-21-23(20,22-5-2)18(14-6-10-16(19)11-7-14)15-8-12-17(24-3)13-9-15/h6-13,18-19H,4-5H2,1-3H3. The van der Waals surface area contributed by atoms with Gasteiger partial charge in [0.15, 0.2) is 0 Å². The van der Waals surface area contributed by atoms with Crippen LogP contribution in [0.1, 0.15) is 30.6 Å². The highest BCUT2D eigenvalue weighted by Gasteiger charge is 2.38. The fraction of sp³-hybridized carbons (Fsp3) is 0.333. The minimum atomic E-state index is -3.40. The van der Waals surface area contributed by atoms with E-state index >= 15 is 0 Å². The third kappa shape index (κ3) is 4.42. The first-order valence-electron chi connectivity index (χ1n) is 7.85. The Hall–Kier alpha value is -1.26. The Kier molecular flexibility index (Phi) is 6.93. The SMILES string of the molecule is CCOP(=O)(OCC)C(c1ccc(O)cc1)c1ccc(SC)cc1. The molecule has 0 amide bonds. The van der Waals surface area contributed by atoms with Crippen molar-refractivity contribution in [3.05, 3.63) is 59.7 Å². The molecule has 6 heteroatoms. The van der Waals surface area contributed by atoms with Crippen LogP contribution in [0.3, 0.4) is 0 Å². The van der Waals surface area contributed by atoms with Gasteiger partial charge in [0, 0.05) is 4.90 Å². The highest BCUT2D eigenvalue weighted by molar-refractivity contribution is 7.98. The van der Waals surface area contributed by atoms with Crippen LogP contribution in [0.15, 0.2) is 53.4 Å². The first-order chi connectivity index (χ1) is 11.5. The molecule has 2 aromatic rings. The van der Waals surface area contributed by atoms with Crippen molar-refractivity contribution in [2.45, 2.75) is 24.4 Å². The molecule has 0 aliphatic carbocycles. The summed E-state index contributed by atoms with van der Waals surface area (Å²) in [5, 5.41) is 9.55. The van der Waals surface area contributed by atoms with Crippen LogP contribution in [0.25, 0.3) is 0 Å². The van der Waals surface area contributed by atoms with E-state index in [0.717, 1.165) is 16.0 Å². The Bertz CT molecular complexity index is 675. The largest absolute Gasteiger partial charge is 0.508 e. The van der Waals surface area contributed by atoms with Gasteiger partial charge in [0.1, 0.15) is 11.4 Å². The Labute approximate surface area is 147 Å². The van der Waals surface area contributed by atoms with E-state index in [0.29, 0.717) is 13.2 Å². The van der Waals surface area contributed by atoms with Crippen LogP contribution in [-0.4, -0.2) is 24.6 Å². The smallest absolute Gasteiger partial charge is 0.342 e. The van der Waals surface area contributed by atoms with E-state index in [-0.39, 0.29) is 5.75 Å². The van der Waals surface area contributed by atoms with Gasteiger partial charge in [-0.1, -0.05) is 24.3 Å². The first kappa shape index (κ1) is 19.1. The van der Waals surface area contributed by atoms with Crippen LogP contribution in [0.2, 0.25) is 0 Å². The van der Waals surface area contributed by atoms with Crippen molar-refractivity contribution in [2.75, 3.05) is 19.5 Å². The molecule has 0 fully saturated rings. The summed E-state index contributed by atoms with van der Waals surface area (Å²) in [6, 6.07) is 14.6. The Morgan fingerprint density at radius 3 is 1.83 bits per heavy atom. The maximum absolute atomic E-state index is 13.4. The lowest BCUT2D eigenvalue weighted by Gasteiger charge is -2.27. The summed E-state index contributed by atoms with van der Waals surface area (Å²) in [7, 11) is -3.40. The van der Waals surface area contributed by atoms with Crippen LogP contribution in [-0.2, 0) is 13.6 Å². The highest BCUT2D eigenvalue weighted by Crippen LogP contribution is 2.63. The molecule has 0 aliphatic rings. The van der Waals surface area contributed by atoms with Gasteiger partial charge in [0.05, 0.1) is 13.2 Å². The first-order valence-corrected chi connectivity index (χ1v) is 10.7. The zero-order valence-corrected chi connectivity index (χ0v) is 15.8. The van der Waals surface area contributed by atoms with Crippen LogP contribution in [0.5, 0.6) is 5.75 Å². The van der Waals surface area contributed by atoms with Gasteiger partial charge in [0.2, 0.25) is 0 Å². The van der Waals surface area contributed by atoms with Crippen LogP contribution in [0.4, 0.5) is 0 Å². The maximum Gasteiger partial charge on any atom is 0.342 e. The van der Waals surface area contributed by atoms with Gasteiger partial charge in [-0.15, -0.1) is 11.8 Å². The van der Waals surface area contributed by atoms with Gasteiger partial charge >= 0.3 is 7.60 Å².